The fourth-order valence-corrected chi connectivity index (χ4v) is 6.44. The first-order valence-electron chi connectivity index (χ1n) is 11.5. The highest BCUT2D eigenvalue weighted by Gasteiger charge is 2.45. The SMILES string of the molecule is O=C(Cc1ccccc1)NC(CSC1(c2ccccc2)c2ccccc2-c2ccccc21)C(=O)O. The highest BCUT2D eigenvalue weighted by Crippen LogP contribution is 2.58. The van der Waals surface area contributed by atoms with Crippen LogP contribution in [0, 0.1) is 0 Å². The molecule has 0 heterocycles. The van der Waals surface area contributed by atoms with Crippen molar-refractivity contribution in [2.24, 2.45) is 0 Å². The van der Waals surface area contributed by atoms with Crippen LogP contribution in [0.3, 0.4) is 0 Å². The average molecular weight is 480 g/mol. The Morgan fingerprint density at radius 1 is 0.743 bits per heavy atom. The van der Waals surface area contributed by atoms with Gasteiger partial charge in [-0.05, 0) is 33.4 Å². The van der Waals surface area contributed by atoms with Crippen molar-refractivity contribution >= 4 is 23.6 Å². The molecule has 4 aromatic rings. The molecule has 2 N–H and O–H groups in total. The van der Waals surface area contributed by atoms with E-state index in [0.29, 0.717) is 0 Å². The zero-order chi connectivity index (χ0) is 24.3. The van der Waals surface area contributed by atoms with E-state index in [0.717, 1.165) is 33.4 Å². The topological polar surface area (TPSA) is 66.4 Å². The molecule has 0 saturated heterocycles. The predicted octanol–water partition coefficient (Wildman–Crippen LogP) is 5.50. The summed E-state index contributed by atoms with van der Waals surface area (Å²) in [4.78, 5) is 24.9. The predicted molar refractivity (Wildman–Crippen MR) is 140 cm³/mol. The summed E-state index contributed by atoms with van der Waals surface area (Å²) < 4.78 is -0.577. The molecule has 0 saturated carbocycles. The van der Waals surface area contributed by atoms with E-state index >= 15 is 0 Å². The van der Waals surface area contributed by atoms with Crippen molar-refractivity contribution in [3.63, 3.8) is 0 Å². The number of carboxylic acid groups (broad SMARTS) is 1. The van der Waals surface area contributed by atoms with E-state index in [2.05, 4.69) is 41.7 Å². The smallest absolute Gasteiger partial charge is 0.327 e. The van der Waals surface area contributed by atoms with Crippen molar-refractivity contribution in [3.05, 3.63) is 131 Å². The van der Waals surface area contributed by atoms with E-state index in [1.165, 1.54) is 0 Å². The number of rotatable bonds is 8. The van der Waals surface area contributed by atoms with Gasteiger partial charge in [0, 0.05) is 5.75 Å². The van der Waals surface area contributed by atoms with Gasteiger partial charge in [0.15, 0.2) is 0 Å². The normalized spacial score (nSPS) is 13.9. The van der Waals surface area contributed by atoms with Crippen LogP contribution < -0.4 is 5.32 Å². The standard InChI is InChI=1S/C30H25NO3S/c32-28(19-21-11-3-1-4-12-21)31-27(29(33)34)20-35-30(22-13-5-2-6-14-22)25-17-9-7-15-23(25)24-16-8-10-18-26(24)30/h1-18,27H,19-20H2,(H,31,32)(H,33,34). The second kappa shape index (κ2) is 9.80. The summed E-state index contributed by atoms with van der Waals surface area (Å²) in [6.45, 7) is 0. The molecule has 1 aliphatic carbocycles. The van der Waals surface area contributed by atoms with Crippen molar-refractivity contribution in [1.82, 2.24) is 5.32 Å². The lowest BCUT2D eigenvalue weighted by Gasteiger charge is -2.33. The molecule has 1 amide bonds. The first-order chi connectivity index (χ1) is 17.1. The van der Waals surface area contributed by atoms with Crippen LogP contribution in [0.2, 0.25) is 0 Å². The van der Waals surface area contributed by atoms with Gasteiger partial charge < -0.3 is 10.4 Å². The fraction of sp³-hybridized carbons (Fsp3) is 0.133. The van der Waals surface area contributed by atoms with Crippen LogP contribution >= 0.6 is 11.8 Å². The monoisotopic (exact) mass is 479 g/mol. The van der Waals surface area contributed by atoms with Crippen LogP contribution in [0.15, 0.2) is 109 Å². The van der Waals surface area contributed by atoms with Crippen LogP contribution in [0.25, 0.3) is 11.1 Å². The molecule has 174 valence electrons. The maximum atomic E-state index is 12.7. The molecule has 1 atom stereocenters. The quantitative estimate of drug-likeness (QED) is 0.350. The lowest BCUT2D eigenvalue weighted by molar-refractivity contribution is -0.141. The van der Waals surface area contributed by atoms with Gasteiger partial charge in [0.25, 0.3) is 0 Å². The third-order valence-electron chi connectivity index (χ3n) is 6.39. The number of carboxylic acids is 1. The van der Waals surface area contributed by atoms with Crippen LogP contribution in [0.1, 0.15) is 22.3 Å². The van der Waals surface area contributed by atoms with Crippen LogP contribution in [0.4, 0.5) is 0 Å². The number of benzene rings is 4. The average Bonchev–Trinajstić information content (AvgIpc) is 3.18. The van der Waals surface area contributed by atoms with Crippen molar-refractivity contribution in [1.29, 1.82) is 0 Å². The number of nitrogens with one attached hydrogen (secondary N) is 1. The van der Waals surface area contributed by atoms with Crippen molar-refractivity contribution in [3.8, 4) is 11.1 Å². The molecule has 0 fully saturated rings. The second-order valence-corrected chi connectivity index (χ2v) is 9.80. The zero-order valence-electron chi connectivity index (χ0n) is 19.1. The Hall–Kier alpha value is -3.83. The highest BCUT2D eigenvalue weighted by atomic mass is 32.2. The molecule has 5 rings (SSSR count). The molecule has 0 bridgehead atoms. The summed E-state index contributed by atoms with van der Waals surface area (Å²) in [5.41, 5.74) is 6.51. The molecule has 4 nitrogen and oxygen atoms in total. The minimum Gasteiger partial charge on any atom is -0.480 e. The van der Waals surface area contributed by atoms with Crippen LogP contribution in [0.5, 0.6) is 0 Å². The molecular weight excluding hydrogens is 454 g/mol. The second-order valence-electron chi connectivity index (χ2n) is 8.57. The maximum absolute atomic E-state index is 12.7. The molecule has 0 spiro atoms. The number of fused-ring (bicyclic) bond motifs is 3. The number of hydrogen-bond acceptors (Lipinski definition) is 3. The molecular formula is C30H25NO3S. The Labute approximate surface area is 209 Å². The summed E-state index contributed by atoms with van der Waals surface area (Å²) in [6, 6.07) is 35.1. The Bertz CT molecular complexity index is 1310. The molecule has 0 aliphatic heterocycles. The molecule has 4 aromatic carbocycles. The summed E-state index contributed by atoms with van der Waals surface area (Å²) in [5, 5.41) is 12.7. The van der Waals surface area contributed by atoms with Gasteiger partial charge >= 0.3 is 5.97 Å². The van der Waals surface area contributed by atoms with Gasteiger partial charge in [-0.1, -0.05) is 109 Å². The molecule has 0 aromatic heterocycles. The molecule has 0 radical (unpaired) electrons. The Balaban J connectivity index is 1.49. The van der Waals surface area contributed by atoms with Crippen molar-refractivity contribution in [2.75, 3.05) is 5.75 Å². The number of hydrogen-bond donors (Lipinski definition) is 2. The Morgan fingerprint density at radius 2 is 1.26 bits per heavy atom. The van der Waals surface area contributed by atoms with Gasteiger partial charge in [-0.25, -0.2) is 4.79 Å². The number of thioether (sulfide) groups is 1. The summed E-state index contributed by atoms with van der Waals surface area (Å²) >= 11 is 1.56. The molecule has 35 heavy (non-hydrogen) atoms. The summed E-state index contributed by atoms with van der Waals surface area (Å²) in [7, 11) is 0. The van der Waals surface area contributed by atoms with Crippen molar-refractivity contribution in [2.45, 2.75) is 17.2 Å². The van der Waals surface area contributed by atoms with Gasteiger partial charge in [-0.2, -0.15) is 0 Å². The maximum Gasteiger partial charge on any atom is 0.327 e. The van der Waals surface area contributed by atoms with Gasteiger partial charge in [0.2, 0.25) is 5.91 Å². The van der Waals surface area contributed by atoms with Gasteiger partial charge in [-0.3, -0.25) is 4.79 Å². The van der Waals surface area contributed by atoms with Crippen molar-refractivity contribution < 1.29 is 14.7 Å². The lowest BCUT2D eigenvalue weighted by Crippen LogP contribution is -2.44. The number of aliphatic carboxylic acids is 1. The number of amides is 1. The van der Waals surface area contributed by atoms with E-state index in [4.69, 9.17) is 0 Å². The third-order valence-corrected chi connectivity index (χ3v) is 8.00. The summed E-state index contributed by atoms with van der Waals surface area (Å²) in [5.74, 6) is -1.13. The van der Waals surface area contributed by atoms with E-state index in [9.17, 15) is 14.7 Å². The summed E-state index contributed by atoms with van der Waals surface area (Å²) in [6.07, 6.45) is 0.144. The Kier molecular flexibility index (Phi) is 6.43. The first-order valence-corrected chi connectivity index (χ1v) is 12.5. The van der Waals surface area contributed by atoms with Gasteiger partial charge in [0.05, 0.1) is 11.2 Å². The van der Waals surface area contributed by atoms with Crippen LogP contribution in [-0.4, -0.2) is 28.8 Å². The van der Waals surface area contributed by atoms with E-state index in [-0.39, 0.29) is 18.1 Å². The number of carbonyl (C=O) groups excluding carboxylic acids is 1. The van der Waals surface area contributed by atoms with Gasteiger partial charge in [0.1, 0.15) is 6.04 Å². The molecule has 5 heteroatoms. The fourth-order valence-electron chi connectivity index (χ4n) is 4.83. The number of carbonyl (C=O) groups is 2. The highest BCUT2D eigenvalue weighted by molar-refractivity contribution is 8.00. The van der Waals surface area contributed by atoms with E-state index < -0.39 is 16.8 Å². The molecule has 1 aliphatic rings. The minimum atomic E-state index is -1.04. The third kappa shape index (κ3) is 4.35. The molecule has 1 unspecified atom stereocenters. The van der Waals surface area contributed by atoms with Gasteiger partial charge in [-0.15, -0.1) is 11.8 Å². The lowest BCUT2D eigenvalue weighted by atomic mass is 9.88. The Morgan fingerprint density at radius 3 is 1.83 bits per heavy atom. The zero-order valence-corrected chi connectivity index (χ0v) is 19.9. The first kappa shape index (κ1) is 22.9. The van der Waals surface area contributed by atoms with E-state index in [1.807, 2.05) is 72.8 Å². The van der Waals surface area contributed by atoms with Crippen LogP contribution in [-0.2, 0) is 20.8 Å². The van der Waals surface area contributed by atoms with E-state index in [1.54, 1.807) is 11.8 Å². The largest absolute Gasteiger partial charge is 0.480 e. The minimum absolute atomic E-state index is 0.144.